The molecule has 0 atom stereocenters. The van der Waals surface area contributed by atoms with E-state index in [9.17, 15) is 4.79 Å². The minimum absolute atomic E-state index is 0.000192. The molecule has 0 aliphatic rings. The van der Waals surface area contributed by atoms with E-state index >= 15 is 0 Å². The van der Waals surface area contributed by atoms with Crippen molar-refractivity contribution in [2.24, 2.45) is 4.99 Å². The molecule has 0 saturated carbocycles. The van der Waals surface area contributed by atoms with E-state index in [0.717, 1.165) is 12.2 Å². The Morgan fingerprint density at radius 2 is 1.87 bits per heavy atom. The Morgan fingerprint density at radius 3 is 2.50 bits per heavy atom. The molecule has 0 fully saturated rings. The number of hydrogen-bond donors (Lipinski definition) is 2. The van der Waals surface area contributed by atoms with Crippen molar-refractivity contribution < 1.29 is 9.53 Å². The standard InChI is InChI=1S/C23H32N4O2S/c1-17-6-9-19(21(14-17)30-5)15-25-23(26-16-22(28)27(2)3)24-13-12-18-7-10-20(29-4)11-8-18/h6-11,14H,12-13,15-16H2,1-5H3,(H2,24,25,26). The number of thioether (sulfide) groups is 1. The number of nitrogens with one attached hydrogen (secondary N) is 2. The van der Waals surface area contributed by atoms with E-state index in [-0.39, 0.29) is 12.5 Å². The number of benzene rings is 2. The van der Waals surface area contributed by atoms with Crippen molar-refractivity contribution in [1.29, 1.82) is 0 Å². The third kappa shape index (κ3) is 7.63. The Hall–Kier alpha value is -2.67. The van der Waals surface area contributed by atoms with Crippen LogP contribution >= 0.6 is 11.8 Å². The number of carbonyl (C=O) groups excluding carboxylic acids is 1. The molecule has 0 aromatic heterocycles. The van der Waals surface area contributed by atoms with Crippen LogP contribution in [0.2, 0.25) is 0 Å². The molecule has 0 unspecified atom stereocenters. The largest absolute Gasteiger partial charge is 0.497 e. The second-order valence-electron chi connectivity index (χ2n) is 7.15. The lowest BCUT2D eigenvalue weighted by Gasteiger charge is -2.15. The highest BCUT2D eigenvalue weighted by atomic mass is 32.2. The number of nitrogens with zero attached hydrogens (tertiary/aromatic N) is 2. The summed E-state index contributed by atoms with van der Waals surface area (Å²) >= 11 is 1.72. The van der Waals surface area contributed by atoms with Crippen LogP contribution in [0.15, 0.2) is 52.4 Å². The molecule has 2 aromatic rings. The molecule has 2 rings (SSSR count). The first-order valence-corrected chi connectivity index (χ1v) is 11.1. The third-order valence-corrected chi connectivity index (χ3v) is 5.44. The van der Waals surface area contributed by atoms with Crippen LogP contribution in [-0.4, -0.2) is 57.3 Å². The molecule has 30 heavy (non-hydrogen) atoms. The lowest BCUT2D eigenvalue weighted by atomic mass is 10.1. The number of guanidine groups is 1. The SMILES string of the molecule is COc1ccc(CCNC(=NCc2ccc(C)cc2SC)NCC(=O)N(C)C)cc1. The van der Waals surface area contributed by atoms with Gasteiger partial charge in [-0.15, -0.1) is 11.8 Å². The Morgan fingerprint density at radius 1 is 1.13 bits per heavy atom. The molecule has 6 nitrogen and oxygen atoms in total. The normalized spacial score (nSPS) is 11.2. The lowest BCUT2D eigenvalue weighted by Crippen LogP contribution is -2.43. The highest BCUT2D eigenvalue weighted by Crippen LogP contribution is 2.22. The minimum Gasteiger partial charge on any atom is -0.497 e. The van der Waals surface area contributed by atoms with Gasteiger partial charge in [-0.3, -0.25) is 4.79 Å². The van der Waals surface area contributed by atoms with Crippen molar-refractivity contribution in [2.75, 3.05) is 40.6 Å². The maximum Gasteiger partial charge on any atom is 0.241 e. The number of carbonyl (C=O) groups is 1. The molecule has 0 heterocycles. The van der Waals surface area contributed by atoms with Crippen LogP contribution in [0.1, 0.15) is 16.7 Å². The molecular weight excluding hydrogens is 396 g/mol. The van der Waals surface area contributed by atoms with Crippen LogP contribution in [0.3, 0.4) is 0 Å². The summed E-state index contributed by atoms with van der Waals surface area (Å²) < 4.78 is 5.20. The number of aryl methyl sites for hydroxylation is 1. The van der Waals surface area contributed by atoms with Crippen molar-refractivity contribution in [3.05, 3.63) is 59.2 Å². The van der Waals surface area contributed by atoms with E-state index in [4.69, 9.17) is 9.73 Å². The van der Waals surface area contributed by atoms with Crippen molar-refractivity contribution >= 4 is 23.6 Å². The number of aliphatic imine (C=N–C) groups is 1. The molecule has 0 aliphatic heterocycles. The molecule has 0 saturated heterocycles. The summed E-state index contributed by atoms with van der Waals surface area (Å²) in [5.41, 5.74) is 3.61. The Bertz CT molecular complexity index is 851. The summed E-state index contributed by atoms with van der Waals surface area (Å²) in [6.45, 7) is 3.54. The topological polar surface area (TPSA) is 66.0 Å². The molecular formula is C23H32N4O2S. The summed E-state index contributed by atoms with van der Waals surface area (Å²) in [6.07, 6.45) is 2.91. The number of methoxy groups -OCH3 is 1. The van der Waals surface area contributed by atoms with Crippen LogP contribution in [0, 0.1) is 6.92 Å². The molecule has 0 aliphatic carbocycles. The van der Waals surface area contributed by atoms with Gasteiger partial charge in [-0.2, -0.15) is 0 Å². The summed E-state index contributed by atoms with van der Waals surface area (Å²) in [4.78, 5) is 19.5. The fraction of sp³-hybridized carbons (Fsp3) is 0.391. The second-order valence-corrected chi connectivity index (χ2v) is 7.99. The van der Waals surface area contributed by atoms with Gasteiger partial charge in [0.15, 0.2) is 5.96 Å². The van der Waals surface area contributed by atoms with Gasteiger partial charge in [-0.25, -0.2) is 4.99 Å². The maximum absolute atomic E-state index is 12.0. The number of ether oxygens (including phenoxy) is 1. The smallest absolute Gasteiger partial charge is 0.241 e. The van der Waals surface area contributed by atoms with E-state index < -0.39 is 0 Å². The maximum atomic E-state index is 12.0. The van der Waals surface area contributed by atoms with E-state index in [1.807, 2.05) is 12.1 Å². The first kappa shape index (κ1) is 23.6. The van der Waals surface area contributed by atoms with E-state index in [2.05, 4.69) is 54.1 Å². The highest BCUT2D eigenvalue weighted by Gasteiger charge is 2.07. The Balaban J connectivity index is 2.03. The van der Waals surface area contributed by atoms with Crippen molar-refractivity contribution in [1.82, 2.24) is 15.5 Å². The number of likely N-dealkylation sites (N-methyl/N-ethyl adjacent to an activating group) is 1. The summed E-state index contributed by atoms with van der Waals surface area (Å²) in [5.74, 6) is 1.48. The Labute approximate surface area is 184 Å². The van der Waals surface area contributed by atoms with E-state index in [0.29, 0.717) is 19.0 Å². The average molecular weight is 429 g/mol. The van der Waals surface area contributed by atoms with Gasteiger partial charge in [0, 0.05) is 25.5 Å². The zero-order chi connectivity index (χ0) is 21.9. The first-order valence-electron chi connectivity index (χ1n) is 9.91. The number of rotatable bonds is 9. The van der Waals surface area contributed by atoms with Gasteiger partial charge < -0.3 is 20.3 Å². The number of hydrogen-bond acceptors (Lipinski definition) is 4. The van der Waals surface area contributed by atoms with Crippen LogP contribution in [0.5, 0.6) is 5.75 Å². The van der Waals surface area contributed by atoms with Crippen LogP contribution in [0.4, 0.5) is 0 Å². The minimum atomic E-state index is -0.000192. The van der Waals surface area contributed by atoms with Gasteiger partial charge in [0.05, 0.1) is 20.2 Å². The zero-order valence-corrected chi connectivity index (χ0v) is 19.3. The summed E-state index contributed by atoms with van der Waals surface area (Å²) in [5, 5.41) is 6.49. The van der Waals surface area contributed by atoms with Gasteiger partial charge >= 0.3 is 0 Å². The molecule has 0 spiro atoms. The fourth-order valence-electron chi connectivity index (χ4n) is 2.76. The molecule has 0 bridgehead atoms. The molecule has 7 heteroatoms. The van der Waals surface area contributed by atoms with E-state index in [1.54, 1.807) is 37.9 Å². The quantitative estimate of drug-likeness (QED) is 0.365. The van der Waals surface area contributed by atoms with Crippen molar-refractivity contribution in [3.63, 3.8) is 0 Å². The predicted molar refractivity (Wildman–Crippen MR) is 125 cm³/mol. The van der Waals surface area contributed by atoms with Gasteiger partial charge in [0.2, 0.25) is 5.91 Å². The molecule has 0 radical (unpaired) electrons. The monoisotopic (exact) mass is 428 g/mol. The molecule has 2 N–H and O–H groups in total. The molecule has 162 valence electrons. The number of amides is 1. The predicted octanol–water partition coefficient (Wildman–Crippen LogP) is 3.09. The molecule has 1 amide bonds. The van der Waals surface area contributed by atoms with E-state index in [1.165, 1.54) is 21.6 Å². The molecule has 2 aromatic carbocycles. The Kier molecular flexibility index (Phi) is 9.54. The summed E-state index contributed by atoms with van der Waals surface area (Å²) in [6, 6.07) is 14.4. The third-order valence-electron chi connectivity index (χ3n) is 4.62. The van der Waals surface area contributed by atoms with Crippen LogP contribution < -0.4 is 15.4 Å². The van der Waals surface area contributed by atoms with Gasteiger partial charge in [0.25, 0.3) is 0 Å². The second kappa shape index (κ2) is 12.1. The van der Waals surface area contributed by atoms with Crippen LogP contribution in [-0.2, 0) is 17.8 Å². The van der Waals surface area contributed by atoms with Crippen LogP contribution in [0.25, 0.3) is 0 Å². The van der Waals surface area contributed by atoms with Gasteiger partial charge in [-0.05, 0) is 54.5 Å². The van der Waals surface area contributed by atoms with Gasteiger partial charge in [0.1, 0.15) is 5.75 Å². The highest BCUT2D eigenvalue weighted by molar-refractivity contribution is 7.98. The van der Waals surface area contributed by atoms with Crippen molar-refractivity contribution in [3.8, 4) is 5.75 Å². The van der Waals surface area contributed by atoms with Crippen molar-refractivity contribution in [2.45, 2.75) is 24.8 Å². The first-order chi connectivity index (χ1) is 14.4. The summed E-state index contributed by atoms with van der Waals surface area (Å²) in [7, 11) is 5.15. The average Bonchev–Trinajstić information content (AvgIpc) is 2.75. The van der Waals surface area contributed by atoms with Gasteiger partial charge in [-0.1, -0.05) is 24.3 Å². The fourth-order valence-corrected chi connectivity index (χ4v) is 3.45. The lowest BCUT2D eigenvalue weighted by molar-refractivity contribution is -0.127. The zero-order valence-electron chi connectivity index (χ0n) is 18.5.